The largest absolute Gasteiger partial charge is 0.573 e. The van der Waals surface area contributed by atoms with E-state index in [9.17, 15) is 18.0 Å². The van der Waals surface area contributed by atoms with Crippen molar-refractivity contribution in [2.45, 2.75) is 32.8 Å². The van der Waals surface area contributed by atoms with E-state index in [1.54, 1.807) is 23.4 Å². The van der Waals surface area contributed by atoms with Crippen molar-refractivity contribution in [2.75, 3.05) is 5.32 Å². The van der Waals surface area contributed by atoms with E-state index in [1.807, 2.05) is 38.1 Å². The maximum Gasteiger partial charge on any atom is 0.573 e. The smallest absolute Gasteiger partial charge is 0.406 e. The van der Waals surface area contributed by atoms with Gasteiger partial charge in [-0.3, -0.25) is 0 Å². The number of hydrogen-bond acceptors (Lipinski definition) is 4. The van der Waals surface area contributed by atoms with Gasteiger partial charge in [0.25, 0.3) is 0 Å². The first-order valence-corrected chi connectivity index (χ1v) is 9.51. The monoisotopic (exact) mass is 430 g/mol. The van der Waals surface area contributed by atoms with Crippen LogP contribution in [-0.2, 0) is 6.54 Å². The maximum atomic E-state index is 12.8. The molecule has 2 aromatic carbocycles. The number of nitrogens with zero attached hydrogens (tertiary/aromatic N) is 3. The molecule has 162 valence electrons. The molecule has 3 rings (SSSR count). The number of rotatable bonds is 6. The molecule has 9 heteroatoms. The van der Waals surface area contributed by atoms with Gasteiger partial charge in [-0.1, -0.05) is 18.2 Å². The highest BCUT2D eigenvalue weighted by Crippen LogP contribution is 2.24. The molecule has 0 spiro atoms. The Hall–Kier alpha value is -3.62. The topological polar surface area (TPSA) is 67.4 Å². The molecule has 6 nitrogen and oxygen atoms in total. The number of carbonyl (C=O) groups is 1. The third-order valence-electron chi connectivity index (χ3n) is 4.33. The quantitative estimate of drug-likeness (QED) is 0.562. The highest BCUT2D eigenvalue weighted by molar-refractivity contribution is 5.89. The average molecular weight is 430 g/mol. The molecule has 3 aromatic rings. The van der Waals surface area contributed by atoms with E-state index >= 15 is 0 Å². The van der Waals surface area contributed by atoms with Gasteiger partial charge in [0.2, 0.25) is 0 Å². The van der Waals surface area contributed by atoms with Gasteiger partial charge in [-0.15, -0.1) is 13.2 Å². The van der Waals surface area contributed by atoms with Crippen molar-refractivity contribution in [1.29, 1.82) is 0 Å². The second-order valence-electron chi connectivity index (χ2n) is 7.00. The molecule has 0 atom stereocenters. The lowest BCUT2D eigenvalue weighted by Crippen LogP contribution is -2.39. The van der Waals surface area contributed by atoms with Gasteiger partial charge in [0, 0.05) is 36.2 Å². The van der Waals surface area contributed by atoms with Crippen molar-refractivity contribution in [3.8, 4) is 17.1 Å². The lowest BCUT2D eigenvalue weighted by molar-refractivity contribution is -0.274. The molecular weight excluding hydrogens is 409 g/mol. The summed E-state index contributed by atoms with van der Waals surface area (Å²) in [6, 6.07) is 13.8. The first-order valence-electron chi connectivity index (χ1n) is 9.51. The molecule has 0 saturated carbocycles. The molecule has 1 aromatic heterocycles. The van der Waals surface area contributed by atoms with Crippen molar-refractivity contribution in [2.24, 2.45) is 0 Å². The number of benzene rings is 2. The number of aromatic nitrogens is 2. The second-order valence-corrected chi connectivity index (χ2v) is 7.00. The molecular formula is C22H21F3N4O2. The number of amides is 2. The Morgan fingerprint density at radius 1 is 1.06 bits per heavy atom. The Morgan fingerprint density at radius 2 is 1.74 bits per heavy atom. The molecule has 0 aliphatic heterocycles. The van der Waals surface area contributed by atoms with E-state index < -0.39 is 6.36 Å². The number of carbonyl (C=O) groups excluding carboxylic acids is 1. The molecule has 0 bridgehead atoms. The Labute approximate surface area is 177 Å². The van der Waals surface area contributed by atoms with Crippen LogP contribution in [0.2, 0.25) is 0 Å². The van der Waals surface area contributed by atoms with Gasteiger partial charge in [-0.2, -0.15) is 0 Å². The summed E-state index contributed by atoms with van der Waals surface area (Å²) in [4.78, 5) is 22.9. The minimum absolute atomic E-state index is 0.121. The number of nitrogens with one attached hydrogen (secondary N) is 1. The Kier molecular flexibility index (Phi) is 6.74. The fraction of sp³-hybridized carbons (Fsp3) is 0.227. The van der Waals surface area contributed by atoms with Crippen molar-refractivity contribution >= 4 is 11.7 Å². The molecule has 0 unspecified atom stereocenters. The summed E-state index contributed by atoms with van der Waals surface area (Å²) < 4.78 is 40.7. The molecule has 0 saturated heterocycles. The Bertz CT molecular complexity index is 1010. The van der Waals surface area contributed by atoms with E-state index in [0.29, 0.717) is 18.1 Å². The molecule has 0 aliphatic rings. The van der Waals surface area contributed by atoms with Crippen molar-refractivity contribution in [1.82, 2.24) is 14.9 Å². The van der Waals surface area contributed by atoms with Crippen molar-refractivity contribution in [3.05, 3.63) is 72.6 Å². The van der Waals surface area contributed by atoms with Crippen LogP contribution in [0.15, 0.2) is 67.0 Å². The minimum Gasteiger partial charge on any atom is -0.406 e. The fourth-order valence-corrected chi connectivity index (χ4v) is 2.88. The van der Waals surface area contributed by atoms with Crippen LogP contribution in [0.3, 0.4) is 0 Å². The van der Waals surface area contributed by atoms with Gasteiger partial charge >= 0.3 is 12.4 Å². The first-order chi connectivity index (χ1) is 14.7. The molecule has 0 aliphatic carbocycles. The molecule has 2 amide bonds. The van der Waals surface area contributed by atoms with Crippen LogP contribution in [0.4, 0.5) is 23.7 Å². The zero-order chi connectivity index (χ0) is 22.4. The SMILES string of the molecule is CC(C)N(Cc1cccc(-c2ncccn2)c1)C(=O)Nc1ccc(OC(F)(F)F)cc1. The number of urea groups is 1. The summed E-state index contributed by atoms with van der Waals surface area (Å²) in [5, 5.41) is 2.71. The summed E-state index contributed by atoms with van der Waals surface area (Å²) in [6.45, 7) is 4.09. The molecule has 1 N–H and O–H groups in total. The number of alkyl halides is 3. The van der Waals surface area contributed by atoms with Gasteiger partial charge in [0.1, 0.15) is 5.75 Å². The number of anilines is 1. The van der Waals surface area contributed by atoms with Crippen LogP contribution >= 0.6 is 0 Å². The summed E-state index contributed by atoms with van der Waals surface area (Å²) >= 11 is 0. The molecule has 1 heterocycles. The highest BCUT2D eigenvalue weighted by atomic mass is 19.4. The first kappa shape index (κ1) is 22.1. The number of ether oxygens (including phenoxy) is 1. The van der Waals surface area contributed by atoms with Gasteiger partial charge < -0.3 is 15.0 Å². The van der Waals surface area contributed by atoms with E-state index in [0.717, 1.165) is 23.3 Å². The van der Waals surface area contributed by atoms with Crippen LogP contribution < -0.4 is 10.1 Å². The molecule has 0 fully saturated rings. The van der Waals surface area contributed by atoms with Crippen LogP contribution in [0.5, 0.6) is 5.75 Å². The van der Waals surface area contributed by atoms with E-state index in [-0.39, 0.29) is 17.8 Å². The number of halogens is 3. The lowest BCUT2D eigenvalue weighted by Gasteiger charge is -2.27. The van der Waals surface area contributed by atoms with Crippen LogP contribution in [0, 0.1) is 0 Å². The molecule has 31 heavy (non-hydrogen) atoms. The van der Waals surface area contributed by atoms with Gasteiger partial charge in [0.05, 0.1) is 0 Å². The Balaban J connectivity index is 1.70. The van der Waals surface area contributed by atoms with Gasteiger partial charge in [-0.25, -0.2) is 14.8 Å². The third kappa shape index (κ3) is 6.43. The highest BCUT2D eigenvalue weighted by Gasteiger charge is 2.31. The minimum atomic E-state index is -4.77. The zero-order valence-corrected chi connectivity index (χ0v) is 16.9. The second kappa shape index (κ2) is 9.46. The standard InChI is InChI=1S/C22H21F3N4O2/c1-15(2)29(14-16-5-3-6-17(13-16)20-26-11-4-12-27-20)21(30)28-18-7-9-19(10-8-18)31-22(23,24)25/h3-13,15H,14H2,1-2H3,(H,28,30). The van der Waals surface area contributed by atoms with Crippen molar-refractivity contribution in [3.63, 3.8) is 0 Å². The normalized spacial score (nSPS) is 11.3. The lowest BCUT2D eigenvalue weighted by atomic mass is 10.1. The predicted octanol–water partition coefficient (Wildman–Crippen LogP) is 5.48. The van der Waals surface area contributed by atoms with Gasteiger partial charge in [-0.05, 0) is 55.8 Å². The average Bonchev–Trinajstić information content (AvgIpc) is 2.73. The van der Waals surface area contributed by atoms with Crippen molar-refractivity contribution < 1.29 is 22.7 Å². The van der Waals surface area contributed by atoms with E-state index in [4.69, 9.17) is 0 Å². The summed E-state index contributed by atoms with van der Waals surface area (Å²) in [7, 11) is 0. The van der Waals surface area contributed by atoms with Crippen LogP contribution in [0.1, 0.15) is 19.4 Å². The van der Waals surface area contributed by atoms with Crippen LogP contribution in [-0.4, -0.2) is 33.3 Å². The molecule has 0 radical (unpaired) electrons. The van der Waals surface area contributed by atoms with E-state index in [2.05, 4.69) is 20.0 Å². The predicted molar refractivity (Wildman–Crippen MR) is 110 cm³/mol. The summed E-state index contributed by atoms with van der Waals surface area (Å²) in [5.41, 5.74) is 2.09. The summed E-state index contributed by atoms with van der Waals surface area (Å²) in [5.74, 6) is 0.234. The maximum absolute atomic E-state index is 12.8. The summed E-state index contributed by atoms with van der Waals surface area (Å²) in [6.07, 6.45) is -1.44. The number of hydrogen-bond donors (Lipinski definition) is 1. The third-order valence-corrected chi connectivity index (χ3v) is 4.33. The van der Waals surface area contributed by atoms with E-state index in [1.165, 1.54) is 12.1 Å². The van der Waals surface area contributed by atoms with Crippen LogP contribution in [0.25, 0.3) is 11.4 Å². The fourth-order valence-electron chi connectivity index (χ4n) is 2.88. The Morgan fingerprint density at radius 3 is 2.35 bits per heavy atom. The zero-order valence-electron chi connectivity index (χ0n) is 16.9. The van der Waals surface area contributed by atoms with Gasteiger partial charge in [0.15, 0.2) is 5.82 Å².